The minimum Gasteiger partial charge on any atom is -0.385 e. The summed E-state index contributed by atoms with van der Waals surface area (Å²) in [7, 11) is 0. The Morgan fingerprint density at radius 1 is 1.17 bits per heavy atom. The Bertz CT molecular complexity index is 825. The summed E-state index contributed by atoms with van der Waals surface area (Å²) in [6, 6.07) is 9.23. The van der Waals surface area contributed by atoms with Crippen LogP contribution in [-0.4, -0.2) is 36.3 Å². The molecule has 162 valence electrons. The van der Waals surface area contributed by atoms with Crippen molar-refractivity contribution in [1.29, 1.82) is 0 Å². The van der Waals surface area contributed by atoms with Crippen LogP contribution in [0.5, 0.6) is 0 Å². The predicted molar refractivity (Wildman–Crippen MR) is 129 cm³/mol. The Hall–Kier alpha value is -2.33. The monoisotopic (exact) mass is 406 g/mol. The lowest BCUT2D eigenvalue weighted by Gasteiger charge is -2.21. The van der Waals surface area contributed by atoms with Gasteiger partial charge in [0, 0.05) is 24.4 Å². The number of rotatable bonds is 10. The average molecular weight is 407 g/mol. The van der Waals surface area contributed by atoms with Crippen molar-refractivity contribution in [3.8, 4) is 0 Å². The Balaban J connectivity index is 1.76. The van der Waals surface area contributed by atoms with Crippen molar-refractivity contribution < 1.29 is 0 Å². The molecule has 0 bridgehead atoms. The van der Waals surface area contributed by atoms with Crippen LogP contribution in [-0.2, 0) is 6.54 Å². The largest absolute Gasteiger partial charge is 0.385 e. The highest BCUT2D eigenvalue weighted by Crippen LogP contribution is 2.28. The van der Waals surface area contributed by atoms with Crippen molar-refractivity contribution in [1.82, 2.24) is 15.6 Å². The normalized spacial score (nSPS) is 18.9. The first-order valence-electron chi connectivity index (χ1n) is 11.6. The van der Waals surface area contributed by atoms with Crippen molar-refractivity contribution in [3.05, 3.63) is 64.4 Å². The zero-order chi connectivity index (χ0) is 21.3. The van der Waals surface area contributed by atoms with Crippen molar-refractivity contribution in [2.24, 2.45) is 5.10 Å². The van der Waals surface area contributed by atoms with Crippen LogP contribution in [0.25, 0.3) is 6.08 Å². The number of likely N-dealkylation sites (N-methyl/N-ethyl adjacent to an activating group) is 1. The highest BCUT2D eigenvalue weighted by molar-refractivity contribution is 6.13. The summed E-state index contributed by atoms with van der Waals surface area (Å²) in [5.41, 5.74) is 10.9. The van der Waals surface area contributed by atoms with Gasteiger partial charge in [0.25, 0.3) is 0 Å². The third-order valence-corrected chi connectivity index (χ3v) is 5.81. The number of allylic oxidation sites excluding steroid dienone is 3. The molecule has 0 saturated heterocycles. The Morgan fingerprint density at radius 3 is 2.70 bits per heavy atom. The van der Waals surface area contributed by atoms with E-state index in [4.69, 9.17) is 0 Å². The lowest BCUT2D eigenvalue weighted by atomic mass is 9.95. The Kier molecular flexibility index (Phi) is 8.32. The summed E-state index contributed by atoms with van der Waals surface area (Å²) in [4.78, 5) is 2.55. The second kappa shape index (κ2) is 11.2. The van der Waals surface area contributed by atoms with Gasteiger partial charge in [0.2, 0.25) is 0 Å². The molecule has 1 aromatic carbocycles. The Morgan fingerprint density at radius 2 is 1.97 bits per heavy atom. The molecule has 0 radical (unpaired) electrons. The van der Waals surface area contributed by atoms with Gasteiger partial charge in [0.15, 0.2) is 0 Å². The van der Waals surface area contributed by atoms with Crippen LogP contribution in [0.4, 0.5) is 0 Å². The smallest absolute Gasteiger partial charge is 0.0886 e. The first-order chi connectivity index (χ1) is 14.7. The number of fused-ring (bicyclic) bond motifs is 1. The highest BCUT2D eigenvalue weighted by atomic mass is 15.3. The second-order valence-electron chi connectivity index (χ2n) is 8.30. The van der Waals surface area contributed by atoms with E-state index < -0.39 is 0 Å². The van der Waals surface area contributed by atoms with Gasteiger partial charge in [-0.05, 0) is 75.4 Å². The molecule has 2 N–H and O–H groups in total. The Labute approximate surface area is 182 Å². The topological polar surface area (TPSA) is 39.7 Å². The van der Waals surface area contributed by atoms with Crippen LogP contribution in [0.2, 0.25) is 0 Å². The number of benzene rings is 1. The molecule has 1 aromatic rings. The summed E-state index contributed by atoms with van der Waals surface area (Å²) >= 11 is 0. The molecule has 0 spiro atoms. The molecular formula is C26H38N4. The van der Waals surface area contributed by atoms with Crippen molar-refractivity contribution in [2.45, 2.75) is 66.0 Å². The van der Waals surface area contributed by atoms with Gasteiger partial charge in [-0.1, -0.05) is 50.3 Å². The van der Waals surface area contributed by atoms with Gasteiger partial charge in [0.1, 0.15) is 0 Å². The average Bonchev–Trinajstić information content (AvgIpc) is 3.07. The van der Waals surface area contributed by atoms with Gasteiger partial charge in [-0.2, -0.15) is 5.10 Å². The molecule has 1 heterocycles. The summed E-state index contributed by atoms with van der Waals surface area (Å²) in [6.45, 7) is 13.2. The molecule has 3 rings (SSSR count). The number of hydrogen-bond donors (Lipinski definition) is 2. The fourth-order valence-corrected chi connectivity index (χ4v) is 4.46. The zero-order valence-corrected chi connectivity index (χ0v) is 19.2. The van der Waals surface area contributed by atoms with E-state index in [1.54, 1.807) is 0 Å². The van der Waals surface area contributed by atoms with Crippen LogP contribution < -0.4 is 10.7 Å². The van der Waals surface area contributed by atoms with E-state index in [0.29, 0.717) is 6.04 Å². The molecule has 0 fully saturated rings. The summed E-state index contributed by atoms with van der Waals surface area (Å²) in [6.07, 6.45) is 11.3. The predicted octanol–water partition coefficient (Wildman–Crippen LogP) is 5.25. The number of nitrogens with zero attached hydrogens (tertiary/aromatic N) is 2. The fraction of sp³-hybridized carbons (Fsp3) is 0.500. The van der Waals surface area contributed by atoms with Crippen LogP contribution >= 0.6 is 0 Å². The van der Waals surface area contributed by atoms with Gasteiger partial charge in [-0.3, -0.25) is 4.90 Å². The van der Waals surface area contributed by atoms with E-state index in [1.807, 2.05) is 0 Å². The summed E-state index contributed by atoms with van der Waals surface area (Å²) in [5.74, 6) is 0. The van der Waals surface area contributed by atoms with Crippen LogP contribution in [0.3, 0.4) is 0 Å². The molecule has 4 heteroatoms. The molecule has 0 aromatic heterocycles. The zero-order valence-electron chi connectivity index (χ0n) is 19.2. The lowest BCUT2D eigenvalue weighted by molar-refractivity contribution is 0.266. The summed E-state index contributed by atoms with van der Waals surface area (Å²) in [5, 5.41) is 8.18. The maximum absolute atomic E-state index is 4.66. The molecule has 1 atom stereocenters. The van der Waals surface area contributed by atoms with Crippen LogP contribution in [0.1, 0.15) is 64.5 Å². The quantitative estimate of drug-likeness (QED) is 0.557. The number of nitrogens with one attached hydrogen (secondary N) is 2. The first kappa shape index (κ1) is 22.4. The lowest BCUT2D eigenvalue weighted by Crippen LogP contribution is -2.24. The molecule has 0 amide bonds. The highest BCUT2D eigenvalue weighted by Gasteiger charge is 2.27. The van der Waals surface area contributed by atoms with Crippen molar-refractivity contribution >= 4 is 11.8 Å². The van der Waals surface area contributed by atoms with Gasteiger partial charge < -0.3 is 10.7 Å². The van der Waals surface area contributed by atoms with Crippen LogP contribution in [0, 0.1) is 0 Å². The van der Waals surface area contributed by atoms with Gasteiger partial charge >= 0.3 is 0 Å². The third kappa shape index (κ3) is 5.63. The minimum absolute atomic E-state index is 0.319. The molecule has 1 aliphatic heterocycles. The molecule has 1 aliphatic carbocycles. The molecule has 2 aliphatic rings. The number of hydrogen-bond acceptors (Lipinski definition) is 4. The second-order valence-corrected chi connectivity index (χ2v) is 8.30. The molecular weight excluding hydrogens is 368 g/mol. The van der Waals surface area contributed by atoms with Crippen molar-refractivity contribution in [3.63, 3.8) is 0 Å². The van der Waals surface area contributed by atoms with E-state index in [2.05, 4.69) is 90.9 Å². The SMILES string of the molecule is CCCN(CCC)Cc1cccc(/C=C/C2=NNC3CCC=C(NCC)C(C)=C23)c1. The van der Waals surface area contributed by atoms with Crippen LogP contribution in [0.15, 0.2) is 58.4 Å². The van der Waals surface area contributed by atoms with E-state index in [9.17, 15) is 0 Å². The van der Waals surface area contributed by atoms with E-state index >= 15 is 0 Å². The first-order valence-corrected chi connectivity index (χ1v) is 11.6. The van der Waals surface area contributed by atoms with Gasteiger partial charge in [0.05, 0.1) is 11.8 Å². The molecule has 0 saturated carbocycles. The maximum atomic E-state index is 4.66. The van der Waals surface area contributed by atoms with Crippen molar-refractivity contribution in [2.75, 3.05) is 19.6 Å². The minimum atomic E-state index is 0.319. The fourth-order valence-electron chi connectivity index (χ4n) is 4.46. The molecule has 1 unspecified atom stereocenters. The number of hydrazone groups is 1. The maximum Gasteiger partial charge on any atom is 0.0886 e. The molecule has 30 heavy (non-hydrogen) atoms. The van der Waals surface area contributed by atoms with Gasteiger partial charge in [-0.15, -0.1) is 0 Å². The van der Waals surface area contributed by atoms with E-state index in [1.165, 1.54) is 40.8 Å². The summed E-state index contributed by atoms with van der Waals surface area (Å²) < 4.78 is 0. The molecule has 4 nitrogen and oxygen atoms in total. The van der Waals surface area contributed by atoms with E-state index in [-0.39, 0.29) is 0 Å². The standard InChI is InChI=1S/C26H38N4/c1-5-16-30(17-6-2)19-22-11-8-10-21(18-22)14-15-25-26-20(4)23(27-7-3)12-9-13-24(26)28-29-25/h8,10-12,14-15,18,24,27-28H,5-7,9,13,16-17,19H2,1-4H3/b15-14+. The third-order valence-electron chi connectivity index (χ3n) is 5.81. The van der Waals surface area contributed by atoms with Gasteiger partial charge in [-0.25, -0.2) is 0 Å². The van der Waals surface area contributed by atoms with E-state index in [0.717, 1.165) is 44.7 Å².